The molecule has 1 aromatic heterocycles. The van der Waals surface area contributed by atoms with E-state index in [9.17, 15) is 13.6 Å². The maximum absolute atomic E-state index is 15.1. The van der Waals surface area contributed by atoms with E-state index < -0.39 is 17.5 Å². The molecule has 2 aliphatic heterocycles. The standard InChI is InChI=1S/C29H29F3N4O4/c1-33-29(35-39-15-37)21-10-9-19(13-25(21)32)36-17-7-8-18(36)12-20(11-17)38-14-22-27(34-40-28(22)16-5-6-16)26-23(30)3-2-4-24(26)31/h2-4,9-10,13,15-18,20H,5-8,11-12,14H2,1H3,(H,33,35). The number of benzene rings is 2. The summed E-state index contributed by atoms with van der Waals surface area (Å²) < 4.78 is 56.2. The predicted molar refractivity (Wildman–Crippen MR) is 140 cm³/mol. The quantitative estimate of drug-likeness (QED) is 0.124. The smallest absolute Gasteiger partial charge is 0.323 e. The summed E-state index contributed by atoms with van der Waals surface area (Å²) in [6.07, 6.45) is 5.22. The van der Waals surface area contributed by atoms with Crippen molar-refractivity contribution in [2.75, 3.05) is 11.9 Å². The van der Waals surface area contributed by atoms with E-state index in [1.807, 2.05) is 6.07 Å². The van der Waals surface area contributed by atoms with Gasteiger partial charge in [0.1, 0.15) is 28.9 Å². The van der Waals surface area contributed by atoms with Gasteiger partial charge in [0.15, 0.2) is 5.84 Å². The highest BCUT2D eigenvalue weighted by molar-refractivity contribution is 5.99. The Morgan fingerprint density at radius 1 is 1.10 bits per heavy atom. The molecule has 1 aliphatic carbocycles. The highest BCUT2D eigenvalue weighted by Gasteiger charge is 2.42. The fraction of sp³-hybridized carbons (Fsp3) is 0.414. The first kappa shape index (κ1) is 26.4. The van der Waals surface area contributed by atoms with E-state index in [0.29, 0.717) is 11.3 Å². The van der Waals surface area contributed by atoms with Crippen LogP contribution in [0.25, 0.3) is 11.3 Å². The lowest BCUT2D eigenvalue weighted by molar-refractivity contribution is -0.128. The molecule has 3 aromatic rings. The monoisotopic (exact) mass is 554 g/mol. The summed E-state index contributed by atoms with van der Waals surface area (Å²) in [7, 11) is 1.56. The number of aromatic nitrogens is 1. The SMILES string of the molecule is CN/C(=N\OC=O)c1ccc(N2C3CCC2CC(OCc2c(-c4c(F)cccc4F)noc2C2CC2)C3)cc1F. The van der Waals surface area contributed by atoms with Crippen LogP contribution in [0, 0.1) is 17.5 Å². The number of carbonyl (C=O) groups excluding carboxylic acids is 1. The van der Waals surface area contributed by atoms with Crippen LogP contribution in [-0.2, 0) is 21.0 Å². The van der Waals surface area contributed by atoms with Gasteiger partial charge in [-0.15, -0.1) is 0 Å². The number of fused-ring (bicyclic) bond motifs is 2. The first-order valence-corrected chi connectivity index (χ1v) is 13.5. The van der Waals surface area contributed by atoms with Crippen LogP contribution in [0.5, 0.6) is 0 Å². The van der Waals surface area contributed by atoms with Crippen molar-refractivity contribution in [3.8, 4) is 11.3 Å². The molecule has 2 bridgehead atoms. The Morgan fingerprint density at radius 3 is 2.45 bits per heavy atom. The van der Waals surface area contributed by atoms with Gasteiger partial charge in [0.05, 0.1) is 23.8 Å². The van der Waals surface area contributed by atoms with Crippen LogP contribution in [0.3, 0.4) is 0 Å². The summed E-state index contributed by atoms with van der Waals surface area (Å²) in [6.45, 7) is 0.323. The summed E-state index contributed by atoms with van der Waals surface area (Å²) in [5, 5.41) is 10.4. The minimum absolute atomic E-state index is 0.0679. The molecule has 0 amide bonds. The van der Waals surface area contributed by atoms with Crippen molar-refractivity contribution in [1.82, 2.24) is 10.5 Å². The number of anilines is 1. The van der Waals surface area contributed by atoms with Crippen molar-refractivity contribution in [3.05, 3.63) is 70.7 Å². The third-order valence-electron chi connectivity index (χ3n) is 8.05. The number of hydrogen-bond acceptors (Lipinski definition) is 7. The predicted octanol–water partition coefficient (Wildman–Crippen LogP) is 5.41. The number of oxime groups is 1. The topological polar surface area (TPSA) is 89.2 Å². The molecule has 0 radical (unpaired) electrons. The van der Waals surface area contributed by atoms with Crippen LogP contribution < -0.4 is 10.2 Å². The van der Waals surface area contributed by atoms with Gasteiger partial charge in [0, 0.05) is 36.3 Å². The van der Waals surface area contributed by atoms with Gasteiger partial charge in [0.2, 0.25) is 0 Å². The molecule has 8 nitrogen and oxygen atoms in total. The molecule has 2 aromatic carbocycles. The summed E-state index contributed by atoms with van der Waals surface area (Å²) >= 11 is 0. The van der Waals surface area contributed by atoms with Crippen molar-refractivity contribution in [3.63, 3.8) is 0 Å². The number of piperidine rings is 1. The molecule has 1 saturated carbocycles. The molecule has 1 N–H and O–H groups in total. The Kier molecular flexibility index (Phi) is 7.22. The fourth-order valence-electron chi connectivity index (χ4n) is 6.09. The van der Waals surface area contributed by atoms with Crippen molar-refractivity contribution >= 4 is 18.0 Å². The van der Waals surface area contributed by atoms with Crippen LogP contribution in [0.15, 0.2) is 46.1 Å². The Bertz CT molecular complexity index is 1410. The summed E-state index contributed by atoms with van der Waals surface area (Å²) in [5.41, 5.74) is 1.55. The Balaban J connectivity index is 1.17. The zero-order valence-corrected chi connectivity index (χ0v) is 21.9. The fourth-order valence-corrected chi connectivity index (χ4v) is 6.09. The van der Waals surface area contributed by atoms with Crippen molar-refractivity contribution in [2.24, 2.45) is 5.16 Å². The largest absolute Gasteiger partial charge is 0.373 e. The molecule has 3 aliphatic rings. The van der Waals surface area contributed by atoms with Crippen LogP contribution in [0.2, 0.25) is 0 Å². The average Bonchev–Trinajstić information content (AvgIpc) is 3.65. The lowest BCUT2D eigenvalue weighted by atomic mass is 9.98. The number of hydrogen-bond donors (Lipinski definition) is 1. The van der Waals surface area contributed by atoms with E-state index in [1.165, 1.54) is 24.3 Å². The molecule has 3 heterocycles. The van der Waals surface area contributed by atoms with E-state index in [-0.39, 0.29) is 59.8 Å². The Hall–Kier alpha value is -3.86. The van der Waals surface area contributed by atoms with E-state index in [2.05, 4.69) is 25.4 Å². The van der Waals surface area contributed by atoms with Crippen molar-refractivity contribution < 1.29 is 32.1 Å². The van der Waals surface area contributed by atoms with Crippen LogP contribution in [0.4, 0.5) is 18.9 Å². The Morgan fingerprint density at radius 2 is 1.82 bits per heavy atom. The number of ether oxygens (including phenoxy) is 1. The molecular formula is C29H29F3N4O4. The van der Waals surface area contributed by atoms with Crippen LogP contribution in [0.1, 0.15) is 61.3 Å². The molecule has 2 unspecified atom stereocenters. The number of nitrogens with zero attached hydrogens (tertiary/aromatic N) is 3. The van der Waals surface area contributed by atoms with E-state index >= 15 is 4.39 Å². The summed E-state index contributed by atoms with van der Waals surface area (Å²) in [5.74, 6) is -0.900. The second-order valence-corrected chi connectivity index (χ2v) is 10.5. The molecule has 6 rings (SSSR count). The molecular weight excluding hydrogens is 525 g/mol. The van der Waals surface area contributed by atoms with Gasteiger partial charge in [-0.3, -0.25) is 4.79 Å². The summed E-state index contributed by atoms with van der Waals surface area (Å²) in [4.78, 5) is 17.1. The van der Waals surface area contributed by atoms with Crippen LogP contribution >= 0.6 is 0 Å². The van der Waals surface area contributed by atoms with E-state index in [1.54, 1.807) is 13.1 Å². The summed E-state index contributed by atoms with van der Waals surface area (Å²) in [6, 6.07) is 9.01. The minimum Gasteiger partial charge on any atom is -0.373 e. The van der Waals surface area contributed by atoms with Gasteiger partial charge in [-0.25, -0.2) is 13.2 Å². The highest BCUT2D eigenvalue weighted by atomic mass is 19.1. The normalized spacial score (nSPS) is 22.4. The average molecular weight is 555 g/mol. The molecule has 11 heteroatoms. The molecule has 0 spiro atoms. The lowest BCUT2D eigenvalue weighted by Gasteiger charge is -2.40. The number of carbonyl (C=O) groups is 1. The van der Waals surface area contributed by atoms with Gasteiger partial charge >= 0.3 is 6.47 Å². The number of rotatable bonds is 9. The Labute approximate surface area is 229 Å². The molecule has 2 saturated heterocycles. The number of halogens is 3. The van der Waals surface area contributed by atoms with Gasteiger partial charge in [-0.2, -0.15) is 0 Å². The molecule has 3 fully saturated rings. The highest BCUT2D eigenvalue weighted by Crippen LogP contribution is 2.46. The first-order chi connectivity index (χ1) is 19.5. The zero-order chi connectivity index (χ0) is 27.8. The third-order valence-corrected chi connectivity index (χ3v) is 8.05. The van der Waals surface area contributed by atoms with Crippen molar-refractivity contribution in [2.45, 2.75) is 69.2 Å². The molecule has 2 atom stereocenters. The van der Waals surface area contributed by atoms with Gasteiger partial charge in [0.25, 0.3) is 0 Å². The lowest BCUT2D eigenvalue weighted by Crippen LogP contribution is -2.45. The van der Waals surface area contributed by atoms with Gasteiger partial charge in [-0.05, 0) is 68.9 Å². The second-order valence-electron chi connectivity index (χ2n) is 10.5. The van der Waals surface area contributed by atoms with E-state index in [0.717, 1.165) is 44.2 Å². The number of nitrogens with one attached hydrogen (secondary N) is 1. The van der Waals surface area contributed by atoms with Crippen LogP contribution in [-0.4, -0.2) is 42.7 Å². The van der Waals surface area contributed by atoms with Gasteiger partial charge < -0.3 is 24.3 Å². The zero-order valence-electron chi connectivity index (χ0n) is 21.9. The maximum Gasteiger partial charge on any atom is 0.323 e. The van der Waals surface area contributed by atoms with Crippen molar-refractivity contribution in [1.29, 1.82) is 0 Å². The minimum atomic E-state index is -0.689. The third kappa shape index (κ3) is 4.94. The first-order valence-electron chi connectivity index (χ1n) is 13.5. The maximum atomic E-state index is 15.1. The van der Waals surface area contributed by atoms with Gasteiger partial charge in [-0.1, -0.05) is 16.4 Å². The second kappa shape index (κ2) is 11.0. The number of amidine groups is 1. The molecule has 40 heavy (non-hydrogen) atoms. The molecule has 210 valence electrons. The van der Waals surface area contributed by atoms with E-state index in [4.69, 9.17) is 9.26 Å².